The number of nitrogens with zero attached hydrogens (tertiary/aromatic N) is 3. The Hall–Kier alpha value is -1.89. The van der Waals surface area contributed by atoms with Crippen molar-refractivity contribution in [2.75, 3.05) is 31.7 Å². The van der Waals surface area contributed by atoms with Crippen molar-refractivity contribution in [3.8, 4) is 16.9 Å². The van der Waals surface area contributed by atoms with Crippen molar-refractivity contribution in [2.24, 2.45) is 0 Å². The van der Waals surface area contributed by atoms with Gasteiger partial charge in [0.15, 0.2) is 0 Å². The zero-order valence-corrected chi connectivity index (χ0v) is 15.1. The minimum absolute atomic E-state index is 0.0438. The summed E-state index contributed by atoms with van der Waals surface area (Å²) in [6, 6.07) is 7.96. The third kappa shape index (κ3) is 3.31. The highest BCUT2D eigenvalue weighted by Crippen LogP contribution is 2.39. The van der Waals surface area contributed by atoms with E-state index in [9.17, 15) is 5.11 Å². The molecule has 5 nitrogen and oxygen atoms in total. The van der Waals surface area contributed by atoms with Crippen LogP contribution in [0.3, 0.4) is 0 Å². The van der Waals surface area contributed by atoms with Gasteiger partial charge < -0.3 is 14.7 Å². The van der Waals surface area contributed by atoms with Crippen LogP contribution >= 0.6 is 22.9 Å². The number of halogens is 1. The van der Waals surface area contributed by atoms with Crippen molar-refractivity contribution in [1.82, 2.24) is 9.97 Å². The fourth-order valence-corrected chi connectivity index (χ4v) is 3.70. The summed E-state index contributed by atoms with van der Waals surface area (Å²) in [5.74, 6) is 1.57. The summed E-state index contributed by atoms with van der Waals surface area (Å²) in [5.41, 5.74) is 2.11. The van der Waals surface area contributed by atoms with Gasteiger partial charge in [0.1, 0.15) is 16.4 Å². The molecule has 0 radical (unpaired) electrons. The second-order valence-electron chi connectivity index (χ2n) is 5.25. The van der Waals surface area contributed by atoms with Crippen LogP contribution in [-0.4, -0.2) is 41.9 Å². The number of aliphatic hydroxyl groups excluding tert-OH is 1. The molecule has 3 aromatic rings. The molecule has 3 rings (SSSR count). The molecule has 0 fully saturated rings. The largest absolute Gasteiger partial charge is 0.494 e. The van der Waals surface area contributed by atoms with E-state index in [4.69, 9.17) is 16.3 Å². The molecule has 0 saturated carbocycles. The molecule has 1 aromatic carbocycles. The van der Waals surface area contributed by atoms with Gasteiger partial charge in [-0.15, -0.1) is 11.3 Å². The number of anilines is 1. The van der Waals surface area contributed by atoms with Crippen LogP contribution in [0.15, 0.2) is 29.6 Å². The fraction of sp³-hybridized carbons (Fsp3) is 0.294. The van der Waals surface area contributed by atoms with Gasteiger partial charge in [0, 0.05) is 24.5 Å². The predicted octanol–water partition coefficient (Wildman–Crippen LogP) is 3.84. The number of benzene rings is 1. The number of aromatic nitrogens is 2. The summed E-state index contributed by atoms with van der Waals surface area (Å²) in [6.07, 6.45) is 0. The van der Waals surface area contributed by atoms with Gasteiger partial charge in [-0.1, -0.05) is 12.1 Å². The Balaban J connectivity index is 2.11. The minimum Gasteiger partial charge on any atom is -0.494 e. The van der Waals surface area contributed by atoms with Crippen LogP contribution in [0, 0.1) is 0 Å². The fourth-order valence-electron chi connectivity index (χ4n) is 2.54. The van der Waals surface area contributed by atoms with Crippen LogP contribution in [0.5, 0.6) is 5.75 Å². The lowest BCUT2D eigenvalue weighted by Gasteiger charge is -2.18. The quantitative estimate of drug-likeness (QED) is 0.674. The highest BCUT2D eigenvalue weighted by Gasteiger charge is 2.17. The Morgan fingerprint density at radius 2 is 2.00 bits per heavy atom. The maximum absolute atomic E-state index is 9.23. The zero-order valence-electron chi connectivity index (χ0n) is 13.5. The third-order valence-electron chi connectivity index (χ3n) is 3.66. The Kier molecular flexibility index (Phi) is 5.18. The summed E-state index contributed by atoms with van der Waals surface area (Å²) in [5, 5.41) is 12.4. The van der Waals surface area contributed by atoms with Gasteiger partial charge in [0.05, 0.1) is 18.6 Å². The van der Waals surface area contributed by atoms with E-state index in [2.05, 4.69) is 15.3 Å². The number of ether oxygens (including phenoxy) is 1. The second-order valence-corrected chi connectivity index (χ2v) is 6.44. The van der Waals surface area contributed by atoms with Crippen LogP contribution < -0.4 is 9.64 Å². The lowest BCUT2D eigenvalue weighted by molar-refractivity contribution is 0.304. The van der Waals surface area contributed by atoms with Crippen molar-refractivity contribution in [1.29, 1.82) is 0 Å². The molecular weight excluding hydrogens is 346 g/mol. The Bertz CT molecular complexity index is 836. The number of hydrogen-bond acceptors (Lipinski definition) is 6. The molecular formula is C17H18ClN3O2S. The average molecular weight is 364 g/mol. The monoisotopic (exact) mass is 363 g/mol. The minimum atomic E-state index is 0.0438. The van der Waals surface area contributed by atoms with Gasteiger partial charge in [-0.2, -0.15) is 4.98 Å². The Labute approximate surface area is 149 Å². The first-order valence-electron chi connectivity index (χ1n) is 7.64. The van der Waals surface area contributed by atoms with Gasteiger partial charge in [-0.25, -0.2) is 4.98 Å². The number of rotatable bonds is 6. The normalized spacial score (nSPS) is 11.0. The van der Waals surface area contributed by atoms with Crippen molar-refractivity contribution in [3.63, 3.8) is 0 Å². The van der Waals surface area contributed by atoms with Crippen LogP contribution in [0.25, 0.3) is 21.3 Å². The smallest absolute Gasteiger partial charge is 0.225 e. The van der Waals surface area contributed by atoms with Gasteiger partial charge in [-0.3, -0.25) is 0 Å². The summed E-state index contributed by atoms with van der Waals surface area (Å²) in [4.78, 5) is 11.4. The predicted molar refractivity (Wildman–Crippen MR) is 99.4 cm³/mol. The number of fused-ring (bicyclic) bond motifs is 1. The molecule has 126 valence electrons. The molecule has 0 saturated heterocycles. The van der Waals surface area contributed by atoms with Gasteiger partial charge >= 0.3 is 0 Å². The highest BCUT2D eigenvalue weighted by atomic mass is 35.5. The summed E-state index contributed by atoms with van der Waals surface area (Å²) in [7, 11) is 1.88. The van der Waals surface area contributed by atoms with Gasteiger partial charge in [0.2, 0.25) is 5.28 Å². The van der Waals surface area contributed by atoms with E-state index in [1.165, 1.54) is 11.3 Å². The van der Waals surface area contributed by atoms with E-state index in [0.717, 1.165) is 32.9 Å². The van der Waals surface area contributed by atoms with Crippen LogP contribution in [0.1, 0.15) is 6.92 Å². The molecule has 7 heteroatoms. The van der Waals surface area contributed by atoms with Crippen molar-refractivity contribution >= 4 is 39.0 Å². The maximum atomic E-state index is 9.23. The first kappa shape index (κ1) is 17.0. The summed E-state index contributed by atoms with van der Waals surface area (Å²) in [6.45, 7) is 3.12. The van der Waals surface area contributed by atoms with E-state index in [0.29, 0.717) is 13.2 Å². The van der Waals surface area contributed by atoms with Crippen molar-refractivity contribution in [2.45, 2.75) is 6.92 Å². The summed E-state index contributed by atoms with van der Waals surface area (Å²) < 4.78 is 5.50. The zero-order chi connectivity index (χ0) is 17.1. The molecule has 0 bridgehead atoms. The molecule has 24 heavy (non-hydrogen) atoms. The number of thiophene rings is 1. The van der Waals surface area contributed by atoms with Crippen LogP contribution in [-0.2, 0) is 0 Å². The molecule has 0 amide bonds. The lowest BCUT2D eigenvalue weighted by Crippen LogP contribution is -2.22. The third-order valence-corrected chi connectivity index (χ3v) is 4.70. The second kappa shape index (κ2) is 7.34. The number of hydrogen-bond donors (Lipinski definition) is 1. The molecule has 2 heterocycles. The van der Waals surface area contributed by atoms with E-state index in [1.54, 1.807) is 0 Å². The average Bonchev–Trinajstić information content (AvgIpc) is 2.99. The van der Waals surface area contributed by atoms with Crippen LogP contribution in [0.4, 0.5) is 5.82 Å². The Morgan fingerprint density at radius 3 is 2.67 bits per heavy atom. The first-order chi connectivity index (χ1) is 11.6. The molecule has 0 unspecified atom stereocenters. The molecule has 0 aliphatic carbocycles. The highest BCUT2D eigenvalue weighted by molar-refractivity contribution is 7.17. The topological polar surface area (TPSA) is 58.5 Å². The molecule has 0 aliphatic rings. The van der Waals surface area contributed by atoms with Crippen molar-refractivity contribution < 1.29 is 9.84 Å². The standard InChI is InChI=1S/C17H18ClN3O2S/c1-3-23-12-6-4-11(5-7-12)13-10-24-16-14(13)15(19-17(18)20-16)21(2)8-9-22/h4-7,10,22H,3,8-9H2,1-2H3. The number of aliphatic hydroxyl groups is 1. The SMILES string of the molecule is CCOc1ccc(-c2csc3nc(Cl)nc(N(C)CCO)c23)cc1. The van der Waals surface area contributed by atoms with Gasteiger partial charge in [-0.05, 0) is 36.2 Å². The van der Waals surface area contributed by atoms with E-state index in [-0.39, 0.29) is 11.9 Å². The van der Waals surface area contributed by atoms with E-state index >= 15 is 0 Å². The molecule has 1 N–H and O–H groups in total. The molecule has 0 spiro atoms. The lowest BCUT2D eigenvalue weighted by atomic mass is 10.1. The Morgan fingerprint density at radius 1 is 1.25 bits per heavy atom. The molecule has 0 atom stereocenters. The number of likely N-dealkylation sites (N-methyl/N-ethyl adjacent to an activating group) is 1. The van der Waals surface area contributed by atoms with Crippen LogP contribution in [0.2, 0.25) is 5.28 Å². The first-order valence-corrected chi connectivity index (χ1v) is 8.89. The van der Waals surface area contributed by atoms with E-state index < -0.39 is 0 Å². The maximum Gasteiger partial charge on any atom is 0.225 e. The van der Waals surface area contributed by atoms with Gasteiger partial charge in [0.25, 0.3) is 0 Å². The van der Waals surface area contributed by atoms with E-state index in [1.807, 2.05) is 43.1 Å². The van der Waals surface area contributed by atoms with Crippen molar-refractivity contribution in [3.05, 3.63) is 34.9 Å². The molecule has 0 aliphatic heterocycles. The molecule has 2 aromatic heterocycles. The summed E-state index contributed by atoms with van der Waals surface area (Å²) >= 11 is 7.59.